The quantitative estimate of drug-likeness (QED) is 0.638. The Hall–Kier alpha value is -0.860. The summed E-state index contributed by atoms with van der Waals surface area (Å²) in [5, 5.41) is 0. The summed E-state index contributed by atoms with van der Waals surface area (Å²) in [5.74, 6) is 3.92. The largest absolute Gasteiger partial charge is 0.462 e. The van der Waals surface area contributed by atoms with Crippen LogP contribution in [0.25, 0.3) is 0 Å². The van der Waals surface area contributed by atoms with E-state index in [-0.39, 0.29) is 17.5 Å². The molecule has 4 rings (SSSR count). The predicted molar refractivity (Wildman–Crippen MR) is 101 cm³/mol. The number of ketones is 1. The monoisotopic (exact) mass is 360 g/mol. The van der Waals surface area contributed by atoms with Gasteiger partial charge >= 0.3 is 5.97 Å². The smallest absolute Gasteiger partial charge is 0.305 e. The summed E-state index contributed by atoms with van der Waals surface area (Å²) in [6.07, 6.45) is 9.22. The molecule has 4 aliphatic rings. The third-order valence-electron chi connectivity index (χ3n) is 9.32. The number of ether oxygens (including phenoxy) is 1. The number of fused-ring (bicyclic) bond motifs is 5. The summed E-state index contributed by atoms with van der Waals surface area (Å²) in [7, 11) is 0. The highest BCUT2D eigenvalue weighted by atomic mass is 16.5. The Morgan fingerprint density at radius 1 is 1.12 bits per heavy atom. The highest BCUT2D eigenvalue weighted by Crippen LogP contribution is 2.67. The van der Waals surface area contributed by atoms with Gasteiger partial charge in [-0.25, -0.2) is 0 Å². The van der Waals surface area contributed by atoms with E-state index in [0.29, 0.717) is 35.4 Å². The van der Waals surface area contributed by atoms with Crippen molar-refractivity contribution in [3.63, 3.8) is 0 Å². The van der Waals surface area contributed by atoms with Crippen LogP contribution in [0.5, 0.6) is 0 Å². The van der Waals surface area contributed by atoms with Crippen molar-refractivity contribution in [2.24, 2.45) is 40.4 Å². The predicted octanol–water partition coefficient (Wildman–Crippen LogP) is 5.17. The molecule has 0 heterocycles. The summed E-state index contributed by atoms with van der Waals surface area (Å²) in [6, 6.07) is 0. The number of hydrogen-bond donors (Lipinski definition) is 0. The fraction of sp³-hybridized carbons (Fsp3) is 0.913. The molecule has 4 saturated carbocycles. The summed E-state index contributed by atoms with van der Waals surface area (Å²) < 4.78 is 5.91. The molecule has 0 unspecified atom stereocenters. The molecule has 4 fully saturated rings. The van der Waals surface area contributed by atoms with Crippen LogP contribution in [0.1, 0.15) is 85.5 Å². The van der Waals surface area contributed by atoms with Crippen molar-refractivity contribution >= 4 is 11.8 Å². The summed E-state index contributed by atoms with van der Waals surface area (Å²) >= 11 is 0. The van der Waals surface area contributed by atoms with E-state index in [0.717, 1.165) is 37.5 Å². The number of carbonyl (C=O) groups excluding carboxylic acids is 2. The van der Waals surface area contributed by atoms with E-state index in [1.807, 2.05) is 6.92 Å². The maximum absolute atomic E-state index is 12.1. The maximum Gasteiger partial charge on any atom is 0.305 e. The Balaban J connectivity index is 1.60. The molecular weight excluding hydrogens is 324 g/mol. The zero-order valence-corrected chi connectivity index (χ0v) is 17.1. The lowest BCUT2D eigenvalue weighted by atomic mass is 9.43. The topological polar surface area (TPSA) is 43.4 Å². The summed E-state index contributed by atoms with van der Waals surface area (Å²) in [5.41, 5.74) is 0.512. The minimum absolute atomic E-state index is 0.0338. The van der Waals surface area contributed by atoms with Crippen LogP contribution >= 0.6 is 0 Å². The fourth-order valence-electron chi connectivity index (χ4n) is 7.81. The molecule has 3 heteroatoms. The van der Waals surface area contributed by atoms with Crippen molar-refractivity contribution in [1.29, 1.82) is 0 Å². The van der Waals surface area contributed by atoms with E-state index >= 15 is 0 Å². The van der Waals surface area contributed by atoms with Gasteiger partial charge in [0.15, 0.2) is 0 Å². The summed E-state index contributed by atoms with van der Waals surface area (Å²) in [4.78, 5) is 24.0. The molecule has 0 bridgehead atoms. The number of rotatable bonds is 2. The van der Waals surface area contributed by atoms with Crippen molar-refractivity contribution in [1.82, 2.24) is 0 Å². The van der Waals surface area contributed by atoms with E-state index in [1.54, 1.807) is 0 Å². The molecule has 0 saturated heterocycles. The van der Waals surface area contributed by atoms with Gasteiger partial charge < -0.3 is 4.74 Å². The molecule has 8 atom stereocenters. The van der Waals surface area contributed by atoms with Crippen LogP contribution in [0.4, 0.5) is 0 Å². The minimum Gasteiger partial charge on any atom is -0.462 e. The van der Waals surface area contributed by atoms with Gasteiger partial charge in [-0.3, -0.25) is 9.59 Å². The highest BCUT2D eigenvalue weighted by molar-refractivity contribution is 5.79. The van der Waals surface area contributed by atoms with E-state index in [2.05, 4.69) is 20.8 Å². The van der Waals surface area contributed by atoms with Gasteiger partial charge in [0.1, 0.15) is 11.9 Å². The van der Waals surface area contributed by atoms with Crippen LogP contribution < -0.4 is 0 Å². The normalized spacial score (nSPS) is 50.5. The van der Waals surface area contributed by atoms with E-state index in [4.69, 9.17) is 4.74 Å². The molecule has 0 aliphatic heterocycles. The van der Waals surface area contributed by atoms with Crippen LogP contribution in [0.2, 0.25) is 0 Å². The molecule has 0 radical (unpaired) electrons. The van der Waals surface area contributed by atoms with Crippen molar-refractivity contribution in [2.45, 2.75) is 91.6 Å². The van der Waals surface area contributed by atoms with Crippen LogP contribution in [0, 0.1) is 40.4 Å². The van der Waals surface area contributed by atoms with Gasteiger partial charge in [0.25, 0.3) is 0 Å². The lowest BCUT2D eigenvalue weighted by Gasteiger charge is -2.62. The van der Waals surface area contributed by atoms with Gasteiger partial charge in [-0.2, -0.15) is 0 Å². The van der Waals surface area contributed by atoms with Gasteiger partial charge in [-0.1, -0.05) is 27.7 Å². The number of carbonyl (C=O) groups is 2. The van der Waals surface area contributed by atoms with Gasteiger partial charge in [0.2, 0.25) is 0 Å². The lowest BCUT2D eigenvalue weighted by molar-refractivity contribution is -0.169. The Morgan fingerprint density at radius 2 is 1.85 bits per heavy atom. The van der Waals surface area contributed by atoms with Crippen molar-refractivity contribution in [2.75, 3.05) is 0 Å². The first-order valence-corrected chi connectivity index (χ1v) is 11.0. The minimum atomic E-state index is -0.0338. The second kappa shape index (κ2) is 6.34. The van der Waals surface area contributed by atoms with Crippen molar-refractivity contribution < 1.29 is 14.3 Å². The fourth-order valence-corrected chi connectivity index (χ4v) is 7.81. The van der Waals surface area contributed by atoms with E-state index in [9.17, 15) is 9.59 Å². The van der Waals surface area contributed by atoms with Gasteiger partial charge in [-0.15, -0.1) is 0 Å². The molecule has 26 heavy (non-hydrogen) atoms. The molecule has 0 aromatic heterocycles. The van der Waals surface area contributed by atoms with Crippen LogP contribution in [0.3, 0.4) is 0 Å². The molecular formula is C23H36O3. The Bertz CT molecular complexity index is 598. The first-order valence-electron chi connectivity index (χ1n) is 11.0. The Kier molecular flexibility index (Phi) is 4.51. The first kappa shape index (κ1) is 18.5. The second-order valence-corrected chi connectivity index (χ2v) is 10.4. The molecule has 3 nitrogen and oxygen atoms in total. The van der Waals surface area contributed by atoms with Crippen LogP contribution in [0.15, 0.2) is 0 Å². The Labute approximate surface area is 158 Å². The average molecular weight is 361 g/mol. The van der Waals surface area contributed by atoms with Crippen molar-refractivity contribution in [3.05, 3.63) is 0 Å². The van der Waals surface area contributed by atoms with E-state index in [1.165, 1.54) is 25.7 Å². The van der Waals surface area contributed by atoms with E-state index < -0.39 is 0 Å². The third kappa shape index (κ3) is 2.59. The Morgan fingerprint density at radius 3 is 2.58 bits per heavy atom. The molecule has 4 aliphatic carbocycles. The maximum atomic E-state index is 12.1. The molecule has 146 valence electrons. The van der Waals surface area contributed by atoms with Gasteiger partial charge in [0.05, 0.1) is 0 Å². The second-order valence-electron chi connectivity index (χ2n) is 10.4. The van der Waals surface area contributed by atoms with Crippen LogP contribution in [-0.4, -0.2) is 17.9 Å². The summed E-state index contributed by atoms with van der Waals surface area (Å²) in [6.45, 7) is 9.23. The number of esters is 1. The molecule has 0 aromatic carbocycles. The zero-order valence-electron chi connectivity index (χ0n) is 17.1. The van der Waals surface area contributed by atoms with Crippen molar-refractivity contribution in [3.8, 4) is 0 Å². The third-order valence-corrected chi connectivity index (χ3v) is 9.32. The number of hydrogen-bond acceptors (Lipinski definition) is 3. The molecule has 0 spiro atoms. The zero-order chi connectivity index (χ0) is 18.7. The molecule has 0 amide bonds. The lowest BCUT2D eigenvalue weighted by Crippen LogP contribution is -2.56. The highest BCUT2D eigenvalue weighted by Gasteiger charge is 2.62. The molecule has 0 N–H and O–H groups in total. The van der Waals surface area contributed by atoms with Gasteiger partial charge in [0, 0.05) is 24.7 Å². The SMILES string of the molecule is CCC(=O)O[C@H]1CC[C@H]2[C@@H]3[C@@H](C)C[C@H]4CC(=O)CC[C@]4(C)[C@H]3CC[C@]12C. The molecule has 0 aromatic rings. The van der Waals surface area contributed by atoms with Crippen LogP contribution in [-0.2, 0) is 14.3 Å². The first-order chi connectivity index (χ1) is 12.3. The number of Topliss-reactive ketones (excluding diaryl/α,β-unsaturated/α-hetero) is 1. The average Bonchev–Trinajstić information content (AvgIpc) is 2.93. The van der Waals surface area contributed by atoms with Gasteiger partial charge in [-0.05, 0) is 73.5 Å². The standard InChI is InChI=1S/C23H36O3/c1-5-20(25)26-19-7-6-17-21-14(2)12-15-13-16(24)8-10-22(15,3)18(21)9-11-23(17,19)4/h14-15,17-19,21H,5-13H2,1-4H3/t14-,15-,17-,18-,19-,21-,22-,23-/m0/s1.